The quantitative estimate of drug-likeness (QED) is 0.438. The molecule has 4 unspecified atom stereocenters. The molecule has 1 amide bonds. The zero-order chi connectivity index (χ0) is 22.2. The first-order valence-corrected chi connectivity index (χ1v) is 12.5. The number of amides is 1. The second-order valence-electron chi connectivity index (χ2n) is 9.32. The first-order chi connectivity index (χ1) is 15.5. The van der Waals surface area contributed by atoms with E-state index in [0.29, 0.717) is 22.0 Å². The maximum Gasteiger partial charge on any atom is 0.266 e. The van der Waals surface area contributed by atoms with Crippen molar-refractivity contribution in [1.29, 1.82) is 0 Å². The van der Waals surface area contributed by atoms with Crippen LogP contribution < -0.4 is 10.9 Å². The van der Waals surface area contributed by atoms with E-state index in [1.165, 1.54) is 37.4 Å². The van der Waals surface area contributed by atoms with E-state index in [9.17, 15) is 9.59 Å². The molecule has 2 aliphatic carbocycles. The molecule has 166 valence electrons. The van der Waals surface area contributed by atoms with Crippen molar-refractivity contribution in [2.24, 2.45) is 17.8 Å². The Kier molecular flexibility index (Phi) is 5.80. The van der Waals surface area contributed by atoms with Crippen LogP contribution in [0.5, 0.6) is 0 Å². The molecule has 2 aromatic carbocycles. The van der Waals surface area contributed by atoms with Crippen molar-refractivity contribution in [2.75, 3.05) is 5.75 Å². The number of aryl methyl sites for hydroxylation is 1. The summed E-state index contributed by atoms with van der Waals surface area (Å²) in [6.07, 6.45) is 5.26. The van der Waals surface area contributed by atoms with Gasteiger partial charge in [0.2, 0.25) is 5.91 Å². The van der Waals surface area contributed by atoms with Gasteiger partial charge in [-0.15, -0.1) is 0 Å². The van der Waals surface area contributed by atoms with Gasteiger partial charge in [-0.1, -0.05) is 48.5 Å². The van der Waals surface area contributed by atoms with Crippen molar-refractivity contribution in [1.82, 2.24) is 14.9 Å². The molecule has 0 spiro atoms. The molecule has 5 rings (SSSR count). The lowest BCUT2D eigenvalue weighted by atomic mass is 9.84. The summed E-state index contributed by atoms with van der Waals surface area (Å²) in [5, 5.41) is 4.35. The van der Waals surface area contributed by atoms with E-state index in [1.54, 1.807) is 10.6 Å². The number of carbonyl (C=O) groups is 1. The highest BCUT2D eigenvalue weighted by molar-refractivity contribution is 7.99. The minimum absolute atomic E-state index is 0.00372. The van der Waals surface area contributed by atoms with E-state index in [-0.39, 0.29) is 23.3 Å². The number of fused-ring (bicyclic) bond motifs is 3. The average molecular weight is 448 g/mol. The van der Waals surface area contributed by atoms with Gasteiger partial charge in [-0.05, 0) is 74.6 Å². The van der Waals surface area contributed by atoms with E-state index in [0.717, 1.165) is 23.1 Å². The lowest BCUT2D eigenvalue weighted by molar-refractivity contribution is -0.119. The summed E-state index contributed by atoms with van der Waals surface area (Å²) < 4.78 is 1.65. The van der Waals surface area contributed by atoms with Crippen LogP contribution in [-0.2, 0) is 4.79 Å². The van der Waals surface area contributed by atoms with Crippen molar-refractivity contribution in [3.63, 3.8) is 0 Å². The summed E-state index contributed by atoms with van der Waals surface area (Å²) in [7, 11) is 0. The standard InChI is InChI=1S/C26H29N3O2S/c1-16-7-3-6-10-23(16)29-25(31)20-8-4-5-9-22(20)28-26(29)32-15-24(30)27-17(2)21-14-18-11-12-19(21)13-18/h3-10,17-19,21H,11-15H2,1-2H3,(H,27,30). The van der Waals surface area contributed by atoms with Gasteiger partial charge >= 0.3 is 0 Å². The molecule has 0 radical (unpaired) electrons. The fourth-order valence-corrected chi connectivity index (χ4v) is 6.49. The molecule has 2 aliphatic rings. The van der Waals surface area contributed by atoms with E-state index in [4.69, 9.17) is 4.98 Å². The fourth-order valence-electron chi connectivity index (χ4n) is 5.67. The van der Waals surface area contributed by atoms with Gasteiger partial charge in [-0.25, -0.2) is 4.98 Å². The highest BCUT2D eigenvalue weighted by atomic mass is 32.2. The van der Waals surface area contributed by atoms with Gasteiger partial charge < -0.3 is 5.32 Å². The van der Waals surface area contributed by atoms with Crippen LogP contribution in [0.2, 0.25) is 0 Å². The first-order valence-electron chi connectivity index (χ1n) is 11.5. The summed E-state index contributed by atoms with van der Waals surface area (Å²) >= 11 is 1.33. The lowest BCUT2D eigenvalue weighted by Crippen LogP contribution is -2.41. The Balaban J connectivity index is 1.39. The number of hydrogen-bond acceptors (Lipinski definition) is 4. The predicted molar refractivity (Wildman–Crippen MR) is 129 cm³/mol. The van der Waals surface area contributed by atoms with Crippen LogP contribution in [0.25, 0.3) is 16.6 Å². The SMILES string of the molecule is Cc1ccccc1-n1c(SCC(=O)NC(C)C2CC3CCC2C3)nc2ccccc2c1=O. The van der Waals surface area contributed by atoms with Gasteiger partial charge in [0.05, 0.1) is 22.3 Å². The van der Waals surface area contributed by atoms with Crippen LogP contribution in [0.4, 0.5) is 0 Å². The van der Waals surface area contributed by atoms with Gasteiger partial charge in [-0.3, -0.25) is 14.2 Å². The van der Waals surface area contributed by atoms with Gasteiger partial charge in [0, 0.05) is 6.04 Å². The Labute approximate surface area is 192 Å². The van der Waals surface area contributed by atoms with Crippen LogP contribution in [0.1, 0.15) is 38.2 Å². The van der Waals surface area contributed by atoms with Crippen molar-refractivity contribution < 1.29 is 4.79 Å². The summed E-state index contributed by atoms with van der Waals surface area (Å²) in [6, 6.07) is 15.4. The summed E-state index contributed by atoms with van der Waals surface area (Å²) in [5.41, 5.74) is 2.33. The fraction of sp³-hybridized carbons (Fsp3) is 0.423. The molecule has 3 aromatic rings. The van der Waals surface area contributed by atoms with Crippen LogP contribution in [-0.4, -0.2) is 27.3 Å². The molecular weight excluding hydrogens is 418 g/mol. The molecule has 1 heterocycles. The molecule has 0 aliphatic heterocycles. The second kappa shape index (κ2) is 8.74. The topological polar surface area (TPSA) is 64.0 Å². The van der Waals surface area contributed by atoms with E-state index in [1.807, 2.05) is 49.4 Å². The highest BCUT2D eigenvalue weighted by Crippen LogP contribution is 2.49. The Hall–Kier alpha value is -2.60. The van der Waals surface area contributed by atoms with Crippen LogP contribution in [0.3, 0.4) is 0 Å². The van der Waals surface area contributed by atoms with Crippen molar-refractivity contribution >= 4 is 28.6 Å². The zero-order valence-electron chi connectivity index (χ0n) is 18.6. The average Bonchev–Trinajstić information content (AvgIpc) is 3.43. The maximum atomic E-state index is 13.4. The monoisotopic (exact) mass is 447 g/mol. The molecule has 1 N–H and O–H groups in total. The van der Waals surface area contributed by atoms with E-state index in [2.05, 4.69) is 12.2 Å². The van der Waals surface area contributed by atoms with Crippen molar-refractivity contribution in [3.8, 4) is 5.69 Å². The lowest BCUT2D eigenvalue weighted by Gasteiger charge is -2.28. The molecule has 1 aromatic heterocycles. The number of benzene rings is 2. The summed E-state index contributed by atoms with van der Waals surface area (Å²) in [5.74, 6) is 2.48. The van der Waals surface area contributed by atoms with Crippen LogP contribution in [0, 0.1) is 24.7 Å². The highest BCUT2D eigenvalue weighted by Gasteiger charge is 2.42. The largest absolute Gasteiger partial charge is 0.353 e. The molecule has 2 fully saturated rings. The predicted octanol–water partition coefficient (Wildman–Crippen LogP) is 4.73. The minimum atomic E-state index is -0.108. The Morgan fingerprint density at radius 1 is 1.16 bits per heavy atom. The van der Waals surface area contributed by atoms with Gasteiger partial charge in [-0.2, -0.15) is 0 Å². The molecule has 2 bridgehead atoms. The maximum absolute atomic E-state index is 13.4. The van der Waals surface area contributed by atoms with E-state index >= 15 is 0 Å². The first kappa shape index (κ1) is 21.3. The number of para-hydroxylation sites is 2. The molecule has 6 heteroatoms. The third kappa shape index (κ3) is 3.96. The number of hydrogen-bond donors (Lipinski definition) is 1. The molecule has 32 heavy (non-hydrogen) atoms. The number of aromatic nitrogens is 2. The minimum Gasteiger partial charge on any atom is -0.353 e. The smallest absolute Gasteiger partial charge is 0.266 e. The third-order valence-corrected chi connectivity index (χ3v) is 8.20. The second-order valence-corrected chi connectivity index (χ2v) is 10.3. The Morgan fingerprint density at radius 2 is 1.94 bits per heavy atom. The van der Waals surface area contributed by atoms with Gasteiger partial charge in [0.25, 0.3) is 5.56 Å². The number of thioether (sulfide) groups is 1. The molecular formula is C26H29N3O2S. The van der Waals surface area contributed by atoms with Crippen molar-refractivity contribution in [2.45, 2.75) is 50.7 Å². The zero-order valence-corrected chi connectivity index (χ0v) is 19.4. The molecule has 5 nitrogen and oxygen atoms in total. The molecule has 2 saturated carbocycles. The number of rotatable bonds is 6. The molecule has 0 saturated heterocycles. The Morgan fingerprint density at radius 3 is 2.69 bits per heavy atom. The summed E-state index contributed by atoms with van der Waals surface area (Å²) in [6.45, 7) is 4.13. The van der Waals surface area contributed by atoms with Crippen molar-refractivity contribution in [3.05, 3.63) is 64.4 Å². The van der Waals surface area contributed by atoms with Crippen LogP contribution >= 0.6 is 11.8 Å². The third-order valence-electron chi connectivity index (χ3n) is 7.26. The number of nitrogens with zero attached hydrogens (tertiary/aromatic N) is 2. The number of carbonyl (C=O) groups excluding carboxylic acids is 1. The Bertz CT molecular complexity index is 1220. The van der Waals surface area contributed by atoms with Crippen LogP contribution in [0.15, 0.2) is 58.5 Å². The van der Waals surface area contributed by atoms with E-state index < -0.39 is 0 Å². The molecule has 4 atom stereocenters. The van der Waals surface area contributed by atoms with Gasteiger partial charge in [0.1, 0.15) is 0 Å². The normalized spacial score (nSPS) is 22.9. The van der Waals surface area contributed by atoms with Gasteiger partial charge in [0.15, 0.2) is 5.16 Å². The summed E-state index contributed by atoms with van der Waals surface area (Å²) in [4.78, 5) is 30.9. The number of nitrogens with one attached hydrogen (secondary N) is 1.